The number of carbonyl (C=O) groups excluding carboxylic acids is 2. The standard InChI is InChI=1S/C14H14N2O4/c1-19-15-12-11-5-3-2-4-10(11)8-20-16(14(12)18)13(17)9-6-7-9/h2-5,9H,6-8H2,1H3/b15-12+. The van der Waals surface area contributed by atoms with Crippen LogP contribution >= 0.6 is 0 Å². The van der Waals surface area contributed by atoms with Crippen LogP contribution in [0, 0.1) is 5.92 Å². The average Bonchev–Trinajstić information content (AvgIpc) is 3.29. The molecule has 1 aliphatic heterocycles. The molecule has 0 atom stereocenters. The molecule has 6 heteroatoms. The fourth-order valence-corrected chi connectivity index (χ4v) is 2.12. The zero-order valence-corrected chi connectivity index (χ0v) is 11.0. The van der Waals surface area contributed by atoms with Gasteiger partial charge in [-0.05, 0) is 18.4 Å². The van der Waals surface area contributed by atoms with Crippen molar-refractivity contribution in [1.82, 2.24) is 5.06 Å². The molecule has 2 aliphatic rings. The molecule has 20 heavy (non-hydrogen) atoms. The van der Waals surface area contributed by atoms with Gasteiger partial charge in [0.05, 0.1) is 0 Å². The maximum Gasteiger partial charge on any atom is 0.307 e. The molecule has 0 aromatic heterocycles. The maximum atomic E-state index is 12.4. The van der Waals surface area contributed by atoms with E-state index in [1.165, 1.54) is 7.11 Å². The van der Waals surface area contributed by atoms with Gasteiger partial charge in [-0.25, -0.2) is 0 Å². The molecular weight excluding hydrogens is 260 g/mol. The highest BCUT2D eigenvalue weighted by Crippen LogP contribution is 2.32. The second-order valence-electron chi connectivity index (χ2n) is 4.77. The Kier molecular flexibility index (Phi) is 3.23. The van der Waals surface area contributed by atoms with Gasteiger partial charge in [0.1, 0.15) is 13.7 Å². The SMILES string of the molecule is CO/N=C1/C(=O)N(C(=O)C2CC2)OCc2ccccc21. The van der Waals surface area contributed by atoms with Crippen molar-refractivity contribution < 1.29 is 19.3 Å². The van der Waals surface area contributed by atoms with Gasteiger partial charge >= 0.3 is 5.91 Å². The molecule has 1 aliphatic carbocycles. The number of hydroxylamine groups is 2. The fraction of sp³-hybridized carbons (Fsp3) is 0.357. The van der Waals surface area contributed by atoms with Crippen LogP contribution in [0.2, 0.25) is 0 Å². The summed E-state index contributed by atoms with van der Waals surface area (Å²) in [5, 5.41) is 4.60. The highest BCUT2D eigenvalue weighted by molar-refractivity contribution is 6.47. The first-order valence-corrected chi connectivity index (χ1v) is 6.43. The van der Waals surface area contributed by atoms with Gasteiger partial charge in [0.2, 0.25) is 0 Å². The first kappa shape index (κ1) is 12.8. The molecule has 3 rings (SSSR count). The highest BCUT2D eigenvalue weighted by Gasteiger charge is 2.40. The molecule has 1 heterocycles. The predicted molar refractivity (Wildman–Crippen MR) is 69.4 cm³/mol. The molecule has 0 radical (unpaired) electrons. The second kappa shape index (κ2) is 5.05. The van der Waals surface area contributed by atoms with Crippen LogP contribution in [0.3, 0.4) is 0 Å². The topological polar surface area (TPSA) is 68.2 Å². The Balaban J connectivity index is 2.00. The van der Waals surface area contributed by atoms with E-state index in [0.29, 0.717) is 5.56 Å². The van der Waals surface area contributed by atoms with Crippen LogP contribution in [0.4, 0.5) is 0 Å². The van der Waals surface area contributed by atoms with Crippen molar-refractivity contribution in [2.45, 2.75) is 19.4 Å². The molecule has 2 amide bonds. The lowest BCUT2D eigenvalue weighted by Crippen LogP contribution is -2.40. The number of carbonyl (C=O) groups is 2. The lowest BCUT2D eigenvalue weighted by atomic mass is 10.0. The van der Waals surface area contributed by atoms with E-state index in [-0.39, 0.29) is 24.1 Å². The third-order valence-corrected chi connectivity index (χ3v) is 3.32. The van der Waals surface area contributed by atoms with Gasteiger partial charge in [0, 0.05) is 11.5 Å². The van der Waals surface area contributed by atoms with Crippen LogP contribution in [0.1, 0.15) is 24.0 Å². The lowest BCUT2D eigenvalue weighted by Gasteiger charge is -2.16. The van der Waals surface area contributed by atoms with Crippen LogP contribution in [-0.4, -0.2) is 29.7 Å². The van der Waals surface area contributed by atoms with Crippen molar-refractivity contribution in [3.8, 4) is 0 Å². The quantitative estimate of drug-likeness (QED) is 0.601. The number of imide groups is 1. The molecular formula is C14H14N2O4. The Labute approximate surface area is 115 Å². The molecule has 0 spiro atoms. The molecule has 1 saturated carbocycles. The highest BCUT2D eigenvalue weighted by atomic mass is 16.7. The largest absolute Gasteiger partial charge is 0.398 e. The lowest BCUT2D eigenvalue weighted by molar-refractivity contribution is -0.194. The van der Waals surface area contributed by atoms with Gasteiger partial charge in [0.15, 0.2) is 5.71 Å². The monoisotopic (exact) mass is 274 g/mol. The van der Waals surface area contributed by atoms with Crippen LogP contribution in [0.25, 0.3) is 0 Å². The Hall–Kier alpha value is -2.21. The number of oxime groups is 1. The second-order valence-corrected chi connectivity index (χ2v) is 4.77. The third kappa shape index (κ3) is 2.18. The number of nitrogens with zero attached hydrogens (tertiary/aromatic N) is 2. The normalized spacial score (nSPS) is 20.6. The number of rotatable bonds is 2. The predicted octanol–water partition coefficient (Wildman–Crippen LogP) is 1.25. The summed E-state index contributed by atoms with van der Waals surface area (Å²) in [7, 11) is 1.36. The van der Waals surface area contributed by atoms with E-state index in [9.17, 15) is 9.59 Å². The summed E-state index contributed by atoms with van der Waals surface area (Å²) in [6, 6.07) is 7.24. The van der Waals surface area contributed by atoms with E-state index >= 15 is 0 Å². The molecule has 0 saturated heterocycles. The third-order valence-electron chi connectivity index (χ3n) is 3.32. The van der Waals surface area contributed by atoms with E-state index in [4.69, 9.17) is 9.68 Å². The summed E-state index contributed by atoms with van der Waals surface area (Å²) in [4.78, 5) is 34.7. The van der Waals surface area contributed by atoms with E-state index in [1.807, 2.05) is 12.1 Å². The van der Waals surface area contributed by atoms with Crippen LogP contribution < -0.4 is 0 Å². The number of amides is 2. The van der Waals surface area contributed by atoms with Crippen LogP contribution in [-0.2, 0) is 25.9 Å². The molecule has 1 aromatic rings. The molecule has 6 nitrogen and oxygen atoms in total. The average molecular weight is 274 g/mol. The summed E-state index contributed by atoms with van der Waals surface area (Å²) in [5.74, 6) is -0.982. The van der Waals surface area contributed by atoms with Crippen molar-refractivity contribution in [1.29, 1.82) is 0 Å². The molecule has 104 valence electrons. The molecule has 1 fully saturated rings. The van der Waals surface area contributed by atoms with E-state index < -0.39 is 5.91 Å². The van der Waals surface area contributed by atoms with Gasteiger partial charge in [-0.15, -0.1) is 5.06 Å². The van der Waals surface area contributed by atoms with Gasteiger partial charge in [-0.1, -0.05) is 29.4 Å². The minimum absolute atomic E-state index is 0.0922. The van der Waals surface area contributed by atoms with Crippen molar-refractivity contribution >= 4 is 17.5 Å². The number of benzene rings is 1. The zero-order valence-electron chi connectivity index (χ0n) is 11.0. The first-order valence-electron chi connectivity index (χ1n) is 6.43. The van der Waals surface area contributed by atoms with Gasteiger partial charge < -0.3 is 4.84 Å². The van der Waals surface area contributed by atoms with Crippen molar-refractivity contribution in [3.05, 3.63) is 35.4 Å². The van der Waals surface area contributed by atoms with Crippen molar-refractivity contribution in [2.75, 3.05) is 7.11 Å². The summed E-state index contributed by atoms with van der Waals surface area (Å²) in [6.07, 6.45) is 1.60. The molecule has 0 bridgehead atoms. The minimum Gasteiger partial charge on any atom is -0.398 e. The minimum atomic E-state index is -0.575. The van der Waals surface area contributed by atoms with E-state index in [1.54, 1.807) is 12.1 Å². The molecule has 0 N–H and O–H groups in total. The smallest absolute Gasteiger partial charge is 0.307 e. The van der Waals surface area contributed by atoms with Crippen molar-refractivity contribution in [2.24, 2.45) is 11.1 Å². The first-order chi connectivity index (χ1) is 9.72. The number of hydrogen-bond acceptors (Lipinski definition) is 5. The Bertz CT molecular complexity index is 593. The van der Waals surface area contributed by atoms with Crippen LogP contribution in [0.5, 0.6) is 0 Å². The van der Waals surface area contributed by atoms with Gasteiger partial charge in [-0.3, -0.25) is 14.4 Å². The van der Waals surface area contributed by atoms with Crippen LogP contribution in [0.15, 0.2) is 29.4 Å². The summed E-state index contributed by atoms with van der Waals surface area (Å²) >= 11 is 0. The van der Waals surface area contributed by atoms with Gasteiger partial charge in [0.25, 0.3) is 5.91 Å². The Morgan fingerprint density at radius 2 is 2.15 bits per heavy atom. The van der Waals surface area contributed by atoms with Crippen molar-refractivity contribution in [3.63, 3.8) is 0 Å². The zero-order chi connectivity index (χ0) is 14.1. The summed E-state index contributed by atoms with van der Waals surface area (Å²) < 4.78 is 0. The fourth-order valence-electron chi connectivity index (χ4n) is 2.12. The summed E-state index contributed by atoms with van der Waals surface area (Å²) in [5.41, 5.74) is 1.52. The Morgan fingerprint density at radius 1 is 1.40 bits per heavy atom. The molecule has 1 aromatic carbocycles. The number of hydrogen-bond donors (Lipinski definition) is 0. The molecule has 0 unspecified atom stereocenters. The van der Waals surface area contributed by atoms with E-state index in [2.05, 4.69) is 5.16 Å². The number of fused-ring (bicyclic) bond motifs is 1. The van der Waals surface area contributed by atoms with E-state index in [0.717, 1.165) is 23.5 Å². The summed E-state index contributed by atoms with van der Waals surface area (Å²) in [6.45, 7) is 0.156. The van der Waals surface area contributed by atoms with Gasteiger partial charge in [-0.2, -0.15) is 0 Å². The Morgan fingerprint density at radius 3 is 2.85 bits per heavy atom. The maximum absolute atomic E-state index is 12.4.